The van der Waals surface area contributed by atoms with E-state index in [1.54, 1.807) is 18.2 Å². The molecule has 1 aliphatic rings. The number of hydrogen-bond donors (Lipinski definition) is 3. The van der Waals surface area contributed by atoms with Crippen molar-refractivity contribution in [3.05, 3.63) is 95.1 Å². The largest absolute Gasteiger partial charge is 0.465 e. The van der Waals surface area contributed by atoms with Gasteiger partial charge < -0.3 is 25.6 Å². The van der Waals surface area contributed by atoms with Gasteiger partial charge in [0.15, 0.2) is 0 Å². The van der Waals surface area contributed by atoms with E-state index >= 15 is 0 Å². The lowest BCUT2D eigenvalue weighted by molar-refractivity contribution is -0.110. The zero-order chi connectivity index (χ0) is 25.5. The lowest BCUT2D eigenvalue weighted by Gasteiger charge is -2.15. The summed E-state index contributed by atoms with van der Waals surface area (Å²) in [5.41, 5.74) is 5.90. The first-order valence-corrected chi connectivity index (χ1v) is 12.0. The van der Waals surface area contributed by atoms with E-state index in [1.165, 1.54) is 12.7 Å². The topological polar surface area (TPSA) is 82.7 Å². The fourth-order valence-corrected chi connectivity index (χ4v) is 4.15. The molecule has 0 atom stereocenters. The summed E-state index contributed by atoms with van der Waals surface area (Å²) in [6.07, 6.45) is 1.10. The Morgan fingerprint density at radius 1 is 0.972 bits per heavy atom. The highest BCUT2D eigenvalue weighted by atomic mass is 16.5. The van der Waals surface area contributed by atoms with Gasteiger partial charge in [-0.3, -0.25) is 4.79 Å². The quantitative estimate of drug-likeness (QED) is 0.224. The molecule has 0 fully saturated rings. The van der Waals surface area contributed by atoms with Crippen LogP contribution in [-0.2, 0) is 16.1 Å². The smallest absolute Gasteiger partial charge is 0.337 e. The zero-order valence-corrected chi connectivity index (χ0v) is 20.9. The maximum Gasteiger partial charge on any atom is 0.337 e. The van der Waals surface area contributed by atoms with E-state index in [-0.39, 0.29) is 5.91 Å². The maximum atomic E-state index is 13.1. The van der Waals surface area contributed by atoms with Crippen molar-refractivity contribution in [3.63, 3.8) is 0 Å². The highest BCUT2D eigenvalue weighted by Gasteiger charge is 2.29. The minimum Gasteiger partial charge on any atom is -0.465 e. The Hall–Kier alpha value is -3.94. The molecule has 0 aliphatic carbocycles. The van der Waals surface area contributed by atoms with Gasteiger partial charge in [0.2, 0.25) is 0 Å². The van der Waals surface area contributed by atoms with E-state index in [0.29, 0.717) is 22.5 Å². The summed E-state index contributed by atoms with van der Waals surface area (Å²) < 4.78 is 4.82. The number of nitrogens with one attached hydrogen (secondary N) is 3. The van der Waals surface area contributed by atoms with Crippen LogP contribution in [-0.4, -0.2) is 51.1 Å². The lowest BCUT2D eigenvalue weighted by atomic mass is 9.99. The van der Waals surface area contributed by atoms with Crippen molar-refractivity contribution in [2.45, 2.75) is 13.0 Å². The molecule has 186 valence electrons. The fourth-order valence-electron chi connectivity index (χ4n) is 4.15. The number of anilines is 2. The third-order valence-corrected chi connectivity index (χ3v) is 6.01. The number of nitrogens with zero attached hydrogens (tertiary/aromatic N) is 1. The summed E-state index contributed by atoms with van der Waals surface area (Å²) in [6, 6.07) is 23.1. The third kappa shape index (κ3) is 6.00. The summed E-state index contributed by atoms with van der Waals surface area (Å²) in [6.45, 7) is 2.83. The van der Waals surface area contributed by atoms with Crippen molar-refractivity contribution in [2.75, 3.05) is 44.9 Å². The number of esters is 1. The number of methoxy groups -OCH3 is 1. The average Bonchev–Trinajstić information content (AvgIpc) is 3.22. The molecule has 0 spiro atoms. The predicted octanol–water partition coefficient (Wildman–Crippen LogP) is 4.45. The number of carbonyl (C=O) groups is 2. The van der Waals surface area contributed by atoms with Crippen molar-refractivity contribution in [1.29, 1.82) is 0 Å². The second kappa shape index (κ2) is 11.7. The number of ether oxygens (including phenoxy) is 1. The summed E-state index contributed by atoms with van der Waals surface area (Å²) in [5, 5.41) is 9.85. The van der Waals surface area contributed by atoms with Crippen molar-refractivity contribution < 1.29 is 14.3 Å². The van der Waals surface area contributed by atoms with Gasteiger partial charge in [-0.15, -0.1) is 0 Å². The summed E-state index contributed by atoms with van der Waals surface area (Å²) in [7, 11) is 5.50. The third-order valence-electron chi connectivity index (χ3n) is 6.01. The summed E-state index contributed by atoms with van der Waals surface area (Å²) in [4.78, 5) is 27.3. The van der Waals surface area contributed by atoms with Crippen molar-refractivity contribution in [3.8, 4) is 0 Å². The molecule has 0 unspecified atom stereocenters. The van der Waals surface area contributed by atoms with Gasteiger partial charge in [-0.2, -0.15) is 0 Å². The molecule has 3 aromatic carbocycles. The molecule has 0 aromatic heterocycles. The zero-order valence-electron chi connectivity index (χ0n) is 20.9. The van der Waals surface area contributed by atoms with Crippen molar-refractivity contribution in [2.24, 2.45) is 0 Å². The van der Waals surface area contributed by atoms with Crippen LogP contribution in [0.15, 0.2) is 72.8 Å². The van der Waals surface area contributed by atoms with Crippen LogP contribution < -0.4 is 16.0 Å². The molecular weight excluding hydrogens is 452 g/mol. The van der Waals surface area contributed by atoms with Crippen molar-refractivity contribution in [1.82, 2.24) is 10.2 Å². The van der Waals surface area contributed by atoms with Crippen LogP contribution in [0.2, 0.25) is 0 Å². The van der Waals surface area contributed by atoms with E-state index in [9.17, 15) is 9.59 Å². The Morgan fingerprint density at radius 3 is 2.42 bits per heavy atom. The number of hydrogen-bond acceptors (Lipinski definition) is 6. The first kappa shape index (κ1) is 25.2. The van der Waals surface area contributed by atoms with E-state index < -0.39 is 5.97 Å². The average molecular weight is 485 g/mol. The molecule has 0 saturated carbocycles. The molecule has 0 saturated heterocycles. The summed E-state index contributed by atoms with van der Waals surface area (Å²) in [5.74, 6) is -0.671. The highest BCUT2D eigenvalue weighted by molar-refractivity contribution is 6.37. The molecule has 1 amide bonds. The second-order valence-electron chi connectivity index (χ2n) is 8.98. The summed E-state index contributed by atoms with van der Waals surface area (Å²) >= 11 is 0. The molecule has 1 heterocycles. The second-order valence-corrected chi connectivity index (χ2v) is 8.98. The van der Waals surface area contributed by atoms with Crippen LogP contribution in [0.3, 0.4) is 0 Å². The van der Waals surface area contributed by atoms with Gasteiger partial charge in [0, 0.05) is 17.8 Å². The molecule has 7 nitrogen and oxygen atoms in total. The minimum absolute atomic E-state index is 0.225. The number of rotatable bonds is 10. The maximum absolute atomic E-state index is 13.1. The molecule has 0 bridgehead atoms. The first-order valence-electron chi connectivity index (χ1n) is 12.0. The van der Waals surface area contributed by atoms with Gasteiger partial charge in [0.25, 0.3) is 5.91 Å². The van der Waals surface area contributed by atoms with Gasteiger partial charge in [-0.1, -0.05) is 48.5 Å². The van der Waals surface area contributed by atoms with Crippen LogP contribution in [0.25, 0.3) is 11.3 Å². The van der Waals surface area contributed by atoms with Gasteiger partial charge in [0.05, 0.1) is 29.6 Å². The van der Waals surface area contributed by atoms with Gasteiger partial charge in [-0.05, 0) is 69.0 Å². The van der Waals surface area contributed by atoms with Crippen LogP contribution in [0.5, 0.6) is 0 Å². The number of carbonyl (C=O) groups excluding carboxylic acids is 2. The van der Waals surface area contributed by atoms with Crippen LogP contribution >= 0.6 is 0 Å². The van der Waals surface area contributed by atoms with E-state index in [1.807, 2.05) is 42.5 Å². The van der Waals surface area contributed by atoms with Crippen LogP contribution in [0.4, 0.5) is 11.4 Å². The van der Waals surface area contributed by atoms with Gasteiger partial charge >= 0.3 is 5.97 Å². The Morgan fingerprint density at radius 2 is 1.72 bits per heavy atom. The molecular formula is C29H32N4O3. The first-order chi connectivity index (χ1) is 17.5. The predicted molar refractivity (Wildman–Crippen MR) is 145 cm³/mol. The van der Waals surface area contributed by atoms with Crippen LogP contribution in [0.1, 0.15) is 33.5 Å². The Balaban J connectivity index is 1.59. The highest BCUT2D eigenvalue weighted by Crippen LogP contribution is 2.38. The fraction of sp³-hybridized carbons (Fsp3) is 0.241. The van der Waals surface area contributed by atoms with E-state index in [2.05, 4.69) is 47.1 Å². The lowest BCUT2D eigenvalue weighted by Crippen LogP contribution is -2.20. The van der Waals surface area contributed by atoms with Gasteiger partial charge in [0.1, 0.15) is 0 Å². The normalized spacial score (nSPS) is 13.8. The van der Waals surface area contributed by atoms with E-state index in [4.69, 9.17) is 4.74 Å². The van der Waals surface area contributed by atoms with Crippen LogP contribution in [0, 0.1) is 0 Å². The number of amides is 1. The van der Waals surface area contributed by atoms with Gasteiger partial charge in [-0.25, -0.2) is 4.79 Å². The minimum atomic E-state index is -0.446. The Bertz CT molecular complexity index is 1250. The number of benzene rings is 3. The monoisotopic (exact) mass is 484 g/mol. The Labute approximate surface area is 212 Å². The molecule has 0 radical (unpaired) electrons. The molecule has 3 aromatic rings. The SMILES string of the molecule is COC(=O)c1ccc2c(c1)NC(=O)/C2=C(/Nc1ccc(CNCCCN(C)C)cc1)c1ccccc1. The molecule has 36 heavy (non-hydrogen) atoms. The molecule has 7 heteroatoms. The van der Waals surface area contributed by atoms with E-state index in [0.717, 1.165) is 42.9 Å². The number of fused-ring (bicyclic) bond motifs is 1. The Kier molecular flexibility index (Phi) is 8.15. The molecule has 1 aliphatic heterocycles. The molecule has 4 rings (SSSR count). The molecule has 3 N–H and O–H groups in total. The van der Waals surface area contributed by atoms with Crippen molar-refractivity contribution >= 4 is 34.5 Å². The standard InChI is InChI=1S/C29H32N4O3/c1-33(2)17-7-16-30-19-20-10-13-23(14-11-20)31-27(21-8-5-4-6-9-21)26-24-15-12-22(29(35)36-3)18-25(24)32-28(26)34/h4-6,8-15,18,30-31H,7,16-17,19H2,1-3H3,(H,32,34)/b27-26+.